The molecule has 0 spiro atoms. The van der Waals surface area contributed by atoms with Gasteiger partial charge in [-0.25, -0.2) is 9.97 Å². The van der Waals surface area contributed by atoms with Crippen LogP contribution in [-0.2, 0) is 0 Å². The van der Waals surface area contributed by atoms with Gasteiger partial charge in [0.05, 0.1) is 0 Å². The van der Waals surface area contributed by atoms with Gasteiger partial charge in [-0.2, -0.15) is 0 Å². The third kappa shape index (κ3) is 2.67. The number of nitrogens with one attached hydrogen (secondary N) is 1. The van der Waals surface area contributed by atoms with E-state index in [1.807, 2.05) is 18.8 Å². The highest BCUT2D eigenvalue weighted by atomic mass is 32.2. The Kier molecular flexibility index (Phi) is 4.04. The number of hydrogen-bond donors (Lipinski definition) is 1. The van der Waals surface area contributed by atoms with Crippen LogP contribution in [0.25, 0.3) is 0 Å². The van der Waals surface area contributed by atoms with E-state index in [0.29, 0.717) is 0 Å². The number of nitrogens with zero attached hydrogens (tertiary/aromatic N) is 2. The summed E-state index contributed by atoms with van der Waals surface area (Å²) in [6.45, 7) is 2.09. The lowest BCUT2D eigenvalue weighted by Crippen LogP contribution is -2.01. The zero-order chi connectivity index (χ0) is 11.4. The molecule has 1 aliphatic carbocycles. The van der Waals surface area contributed by atoms with Gasteiger partial charge in [-0.15, -0.1) is 11.8 Å². The molecule has 1 saturated carbocycles. The molecule has 1 aliphatic rings. The molecule has 4 heteroatoms. The molecule has 1 aromatic heterocycles. The Hall–Kier alpha value is -0.770. The van der Waals surface area contributed by atoms with Crippen LogP contribution in [0.15, 0.2) is 11.4 Å². The molecule has 3 nitrogen and oxygen atoms in total. The van der Waals surface area contributed by atoms with Crippen LogP contribution in [0.1, 0.15) is 31.2 Å². The Morgan fingerprint density at radius 1 is 1.38 bits per heavy atom. The molecule has 0 radical (unpaired) electrons. The molecule has 0 aliphatic heterocycles. The standard InChI is InChI=1S/C12H19N3S/c1-9-11(13-2)14-8-15-12(9)16-7-10-5-3-4-6-10/h8,10H,3-7H2,1-2H3,(H,13,14,15). The minimum absolute atomic E-state index is 0.900. The Bertz CT molecular complexity index is 348. The summed E-state index contributed by atoms with van der Waals surface area (Å²) < 4.78 is 0. The first-order valence-electron chi connectivity index (χ1n) is 5.93. The Labute approximate surface area is 101 Å². The maximum Gasteiger partial charge on any atom is 0.133 e. The average Bonchev–Trinajstić information content (AvgIpc) is 2.81. The van der Waals surface area contributed by atoms with E-state index in [-0.39, 0.29) is 0 Å². The van der Waals surface area contributed by atoms with E-state index in [4.69, 9.17) is 0 Å². The van der Waals surface area contributed by atoms with Gasteiger partial charge >= 0.3 is 0 Å². The zero-order valence-corrected chi connectivity index (χ0v) is 10.8. The summed E-state index contributed by atoms with van der Waals surface area (Å²) in [6.07, 6.45) is 7.27. The maximum absolute atomic E-state index is 4.36. The van der Waals surface area contributed by atoms with Crippen molar-refractivity contribution in [3.8, 4) is 0 Å². The molecule has 0 amide bonds. The van der Waals surface area contributed by atoms with Crippen molar-refractivity contribution in [2.45, 2.75) is 37.6 Å². The molecule has 16 heavy (non-hydrogen) atoms. The predicted octanol–water partition coefficient (Wildman–Crippen LogP) is 3.11. The van der Waals surface area contributed by atoms with Gasteiger partial charge in [0, 0.05) is 18.4 Å². The summed E-state index contributed by atoms with van der Waals surface area (Å²) in [6, 6.07) is 0. The monoisotopic (exact) mass is 237 g/mol. The van der Waals surface area contributed by atoms with Crippen molar-refractivity contribution in [3.63, 3.8) is 0 Å². The van der Waals surface area contributed by atoms with E-state index in [1.54, 1.807) is 6.33 Å². The van der Waals surface area contributed by atoms with Gasteiger partial charge in [0.2, 0.25) is 0 Å². The Morgan fingerprint density at radius 2 is 2.12 bits per heavy atom. The second-order valence-electron chi connectivity index (χ2n) is 4.36. The third-order valence-corrected chi connectivity index (χ3v) is 4.53. The molecule has 0 atom stereocenters. The molecule has 0 unspecified atom stereocenters. The molecule has 1 N–H and O–H groups in total. The number of anilines is 1. The first-order chi connectivity index (χ1) is 7.81. The molecule has 1 heterocycles. The highest BCUT2D eigenvalue weighted by molar-refractivity contribution is 7.99. The number of rotatable bonds is 4. The van der Waals surface area contributed by atoms with Crippen LogP contribution < -0.4 is 5.32 Å². The topological polar surface area (TPSA) is 37.8 Å². The quantitative estimate of drug-likeness (QED) is 0.645. The SMILES string of the molecule is CNc1ncnc(SCC2CCCC2)c1C. The molecule has 0 aromatic carbocycles. The Balaban J connectivity index is 1.97. The van der Waals surface area contributed by atoms with Gasteiger partial charge in [0.15, 0.2) is 0 Å². The molecule has 1 aromatic rings. The molecule has 0 saturated heterocycles. The maximum atomic E-state index is 4.36. The van der Waals surface area contributed by atoms with Crippen LogP contribution in [0.5, 0.6) is 0 Å². The fourth-order valence-electron chi connectivity index (χ4n) is 2.21. The van der Waals surface area contributed by atoms with Crippen molar-refractivity contribution in [3.05, 3.63) is 11.9 Å². The molecule has 2 rings (SSSR count). The van der Waals surface area contributed by atoms with E-state index in [9.17, 15) is 0 Å². The first-order valence-corrected chi connectivity index (χ1v) is 6.92. The Morgan fingerprint density at radius 3 is 2.81 bits per heavy atom. The third-order valence-electron chi connectivity index (χ3n) is 3.21. The summed E-state index contributed by atoms with van der Waals surface area (Å²) in [4.78, 5) is 8.56. The summed E-state index contributed by atoms with van der Waals surface area (Å²) >= 11 is 1.88. The number of thioether (sulfide) groups is 1. The second kappa shape index (κ2) is 5.53. The van der Waals surface area contributed by atoms with Crippen molar-refractivity contribution in [1.29, 1.82) is 0 Å². The van der Waals surface area contributed by atoms with Gasteiger partial charge in [-0.3, -0.25) is 0 Å². The van der Waals surface area contributed by atoms with E-state index < -0.39 is 0 Å². The van der Waals surface area contributed by atoms with Crippen molar-refractivity contribution in [2.75, 3.05) is 18.1 Å². The molecule has 88 valence electrons. The summed E-state index contributed by atoms with van der Waals surface area (Å²) in [5, 5.41) is 4.23. The van der Waals surface area contributed by atoms with Crippen molar-refractivity contribution in [1.82, 2.24) is 9.97 Å². The van der Waals surface area contributed by atoms with Gasteiger partial charge in [-0.1, -0.05) is 12.8 Å². The first kappa shape index (κ1) is 11.7. The molecular weight excluding hydrogens is 218 g/mol. The summed E-state index contributed by atoms with van der Waals surface area (Å²) in [5.74, 6) is 3.06. The highest BCUT2D eigenvalue weighted by Crippen LogP contribution is 2.32. The van der Waals surface area contributed by atoms with Crippen molar-refractivity contribution in [2.24, 2.45) is 5.92 Å². The smallest absolute Gasteiger partial charge is 0.133 e. The van der Waals surface area contributed by atoms with E-state index in [1.165, 1.54) is 37.0 Å². The van der Waals surface area contributed by atoms with Crippen LogP contribution >= 0.6 is 11.8 Å². The molecular formula is C12H19N3S. The number of hydrogen-bond acceptors (Lipinski definition) is 4. The van der Waals surface area contributed by atoms with Crippen LogP contribution in [0.2, 0.25) is 0 Å². The second-order valence-corrected chi connectivity index (χ2v) is 5.37. The van der Waals surface area contributed by atoms with Gasteiger partial charge in [-0.05, 0) is 25.7 Å². The van der Waals surface area contributed by atoms with Crippen molar-refractivity contribution < 1.29 is 0 Å². The molecule has 0 bridgehead atoms. The summed E-state index contributed by atoms with van der Waals surface area (Å²) in [5.41, 5.74) is 1.17. The normalized spacial score (nSPS) is 16.6. The number of aromatic nitrogens is 2. The lowest BCUT2D eigenvalue weighted by Gasteiger charge is -2.11. The lowest BCUT2D eigenvalue weighted by atomic mass is 10.1. The van der Waals surface area contributed by atoms with Gasteiger partial charge < -0.3 is 5.32 Å². The zero-order valence-electron chi connectivity index (χ0n) is 9.99. The highest BCUT2D eigenvalue weighted by Gasteiger charge is 2.16. The van der Waals surface area contributed by atoms with E-state index >= 15 is 0 Å². The average molecular weight is 237 g/mol. The van der Waals surface area contributed by atoms with E-state index in [2.05, 4.69) is 22.2 Å². The fourth-order valence-corrected chi connectivity index (χ4v) is 3.37. The van der Waals surface area contributed by atoms with E-state index in [0.717, 1.165) is 16.8 Å². The van der Waals surface area contributed by atoms with Crippen molar-refractivity contribution >= 4 is 17.6 Å². The largest absolute Gasteiger partial charge is 0.373 e. The fraction of sp³-hybridized carbons (Fsp3) is 0.667. The van der Waals surface area contributed by atoms with Gasteiger partial charge in [0.1, 0.15) is 17.2 Å². The van der Waals surface area contributed by atoms with Crippen LogP contribution in [0, 0.1) is 12.8 Å². The van der Waals surface area contributed by atoms with Crippen LogP contribution in [-0.4, -0.2) is 22.8 Å². The lowest BCUT2D eigenvalue weighted by molar-refractivity contribution is 0.622. The summed E-state index contributed by atoms with van der Waals surface area (Å²) in [7, 11) is 1.90. The van der Waals surface area contributed by atoms with Crippen LogP contribution in [0.3, 0.4) is 0 Å². The minimum atomic E-state index is 0.900. The molecule has 1 fully saturated rings. The predicted molar refractivity (Wildman–Crippen MR) is 69.0 cm³/mol. The minimum Gasteiger partial charge on any atom is -0.373 e. The van der Waals surface area contributed by atoms with Crippen LogP contribution in [0.4, 0.5) is 5.82 Å². The van der Waals surface area contributed by atoms with Gasteiger partial charge in [0.25, 0.3) is 0 Å².